The van der Waals surface area contributed by atoms with Gasteiger partial charge in [0.15, 0.2) is 0 Å². The van der Waals surface area contributed by atoms with E-state index in [0.717, 1.165) is 11.8 Å². The molecule has 0 radical (unpaired) electrons. The van der Waals surface area contributed by atoms with E-state index in [-0.39, 0.29) is 0 Å². The van der Waals surface area contributed by atoms with Gasteiger partial charge in [0.2, 0.25) is 0 Å². The first-order chi connectivity index (χ1) is 4.25. The monoisotopic (exact) mass is 303 g/mol. The Morgan fingerprint density at radius 1 is 1.67 bits per heavy atom. The Kier molecular flexibility index (Phi) is 3.28. The molecule has 9 heavy (non-hydrogen) atoms. The zero-order valence-corrected chi connectivity index (χ0v) is 9.65. The van der Waals surface area contributed by atoms with E-state index in [1.165, 1.54) is 9.25 Å². The maximum absolute atomic E-state index is 3.52. The molecule has 0 N–H and O–H groups in total. The second kappa shape index (κ2) is 3.56. The van der Waals surface area contributed by atoms with Crippen LogP contribution in [0.25, 0.3) is 0 Å². The van der Waals surface area contributed by atoms with Crippen molar-refractivity contribution in [3.05, 3.63) is 0 Å². The van der Waals surface area contributed by atoms with Crippen LogP contribution in [0.1, 0.15) is 13.8 Å². The topological polar surface area (TPSA) is 0 Å². The molecule has 1 rings (SSSR count). The normalized spacial score (nSPS) is 32.6. The third kappa shape index (κ3) is 2.37. The van der Waals surface area contributed by atoms with Crippen LogP contribution in [0.2, 0.25) is 0 Å². The van der Waals surface area contributed by atoms with Gasteiger partial charge in [0.1, 0.15) is 0 Å². The first kappa shape index (κ1) is 8.31. The third-order valence-electron chi connectivity index (χ3n) is 2.04. The Morgan fingerprint density at radius 2 is 2.22 bits per heavy atom. The molecule has 1 unspecified atom stereocenters. The minimum absolute atomic E-state index is 0.673. The Hall–Kier alpha value is 1.21. The van der Waals surface area contributed by atoms with Gasteiger partial charge < -0.3 is 0 Å². The molecule has 1 saturated heterocycles. The van der Waals surface area contributed by atoms with E-state index >= 15 is 0 Å². The maximum atomic E-state index is 3.52. The molecule has 0 spiro atoms. The van der Waals surface area contributed by atoms with E-state index in [1.54, 1.807) is 4.43 Å². The molecule has 0 aromatic carbocycles. The van der Waals surface area contributed by atoms with Crippen LogP contribution in [0.3, 0.4) is 0 Å². The van der Waals surface area contributed by atoms with E-state index in [0.29, 0.717) is 21.2 Å². The van der Waals surface area contributed by atoms with Crippen molar-refractivity contribution in [2.24, 2.45) is 11.8 Å². The van der Waals surface area contributed by atoms with Crippen LogP contribution < -0.4 is 21.2 Å². The van der Waals surface area contributed by atoms with Crippen LogP contribution in [0.15, 0.2) is 0 Å². The molecule has 0 aromatic rings. The van der Waals surface area contributed by atoms with Crippen LogP contribution >= 0.6 is 15.9 Å². The SMILES string of the molecule is C[C@H](CBr)[C@@H](C)C1C[I-]1. The van der Waals surface area contributed by atoms with Gasteiger partial charge in [0.05, 0.1) is 0 Å². The van der Waals surface area contributed by atoms with Gasteiger partial charge in [-0.15, -0.1) is 0 Å². The second-order valence-electron chi connectivity index (χ2n) is 2.82. The van der Waals surface area contributed by atoms with Crippen LogP contribution in [0, 0.1) is 11.8 Å². The molecular formula is C7H13BrI-. The molecule has 1 fully saturated rings. The summed E-state index contributed by atoms with van der Waals surface area (Å²) in [6.45, 7) is 4.75. The van der Waals surface area contributed by atoms with Crippen LogP contribution in [0.5, 0.6) is 0 Å². The summed E-state index contributed by atoms with van der Waals surface area (Å²) in [7, 11) is 0. The van der Waals surface area contributed by atoms with Gasteiger partial charge in [-0.25, -0.2) is 0 Å². The molecule has 56 valence electrons. The zero-order chi connectivity index (χ0) is 6.85. The molecule has 1 heterocycles. The molecule has 0 nitrogen and oxygen atoms in total. The summed E-state index contributed by atoms with van der Waals surface area (Å²) in [6, 6.07) is 0. The number of rotatable bonds is 3. The summed E-state index contributed by atoms with van der Waals surface area (Å²) < 4.78 is 2.77. The Bertz CT molecular complexity index is 90.9. The summed E-state index contributed by atoms with van der Waals surface area (Å²) >= 11 is 4.20. The molecule has 0 amide bonds. The van der Waals surface area contributed by atoms with Gasteiger partial charge in [-0.1, -0.05) is 0 Å². The number of hydrogen-bond acceptors (Lipinski definition) is 0. The van der Waals surface area contributed by atoms with Crippen molar-refractivity contribution in [2.75, 3.05) is 9.76 Å². The first-order valence-electron chi connectivity index (χ1n) is 3.39. The van der Waals surface area contributed by atoms with Crippen LogP contribution in [-0.2, 0) is 0 Å². The first-order valence-corrected chi connectivity index (χ1v) is 7.28. The molecule has 0 saturated carbocycles. The average molecular weight is 304 g/mol. The Balaban J connectivity index is 2.22. The molecule has 0 bridgehead atoms. The van der Waals surface area contributed by atoms with E-state index in [2.05, 4.69) is 29.8 Å². The summed E-state index contributed by atoms with van der Waals surface area (Å²) in [5.41, 5.74) is 0. The van der Waals surface area contributed by atoms with Crippen molar-refractivity contribution in [2.45, 2.75) is 17.8 Å². The van der Waals surface area contributed by atoms with Crippen molar-refractivity contribution < 1.29 is 21.2 Å². The second-order valence-corrected chi connectivity index (χ2v) is 6.82. The predicted octanol–water partition coefficient (Wildman–Crippen LogP) is -0.875. The molecule has 0 aromatic heterocycles. The predicted molar refractivity (Wildman–Crippen MR) is 40.8 cm³/mol. The summed E-state index contributed by atoms with van der Waals surface area (Å²) in [5, 5.41) is 1.19. The average Bonchev–Trinajstić information content (AvgIpc) is 2.66. The number of halogens is 2. The van der Waals surface area contributed by atoms with Crippen molar-refractivity contribution >= 4 is 15.9 Å². The van der Waals surface area contributed by atoms with E-state index in [9.17, 15) is 0 Å². The van der Waals surface area contributed by atoms with Gasteiger partial charge in [0.25, 0.3) is 0 Å². The quantitative estimate of drug-likeness (QED) is 0.469. The Morgan fingerprint density at radius 3 is 2.56 bits per heavy atom. The fourth-order valence-corrected chi connectivity index (χ4v) is 4.03. The van der Waals surface area contributed by atoms with E-state index < -0.39 is 0 Å². The fraction of sp³-hybridized carbons (Fsp3) is 1.00. The molecular weight excluding hydrogens is 291 g/mol. The fourth-order valence-electron chi connectivity index (χ4n) is 0.829. The van der Waals surface area contributed by atoms with Gasteiger partial charge in [-0.2, -0.15) is 0 Å². The summed E-state index contributed by atoms with van der Waals surface area (Å²) in [4.78, 5) is 0. The standard InChI is InChI=1S/C7H13BrI/c1-5(3-8)6(2)7-4-9-7/h5-7H,3-4H2,1-2H3/q-1/t5-,6-,7?/m1/s1. The molecule has 0 aliphatic carbocycles. The van der Waals surface area contributed by atoms with Crippen molar-refractivity contribution in [3.63, 3.8) is 0 Å². The van der Waals surface area contributed by atoms with Gasteiger partial charge in [0, 0.05) is 0 Å². The van der Waals surface area contributed by atoms with Crippen LogP contribution in [-0.4, -0.2) is 13.7 Å². The van der Waals surface area contributed by atoms with Crippen LogP contribution in [0.4, 0.5) is 0 Å². The van der Waals surface area contributed by atoms with E-state index in [1.807, 2.05) is 0 Å². The molecule has 3 atom stereocenters. The third-order valence-corrected chi connectivity index (χ3v) is 6.10. The number of hydrogen-bond donors (Lipinski definition) is 0. The van der Waals surface area contributed by atoms with E-state index in [4.69, 9.17) is 0 Å². The molecule has 2 heteroatoms. The summed E-state index contributed by atoms with van der Waals surface area (Å²) in [6.07, 6.45) is 0. The number of alkyl halides is 3. The van der Waals surface area contributed by atoms with Gasteiger partial charge in [-0.05, 0) is 0 Å². The Labute approximate surface area is 76.2 Å². The summed E-state index contributed by atoms with van der Waals surface area (Å²) in [5.74, 6) is 1.90. The molecule has 1 aliphatic rings. The van der Waals surface area contributed by atoms with Gasteiger partial charge >= 0.3 is 76.5 Å². The zero-order valence-electron chi connectivity index (χ0n) is 5.90. The van der Waals surface area contributed by atoms with Crippen molar-refractivity contribution in [1.82, 2.24) is 0 Å². The van der Waals surface area contributed by atoms with Crippen molar-refractivity contribution in [3.8, 4) is 0 Å². The molecule has 1 aliphatic heterocycles. The van der Waals surface area contributed by atoms with Crippen molar-refractivity contribution in [1.29, 1.82) is 0 Å². The minimum atomic E-state index is 0.673. The van der Waals surface area contributed by atoms with Gasteiger partial charge in [-0.3, -0.25) is 0 Å².